The van der Waals surface area contributed by atoms with Crippen LogP contribution in [-0.2, 0) is 4.79 Å². The highest BCUT2D eigenvalue weighted by Gasteiger charge is 2.17. The number of amides is 1. The third kappa shape index (κ3) is 4.46. The van der Waals surface area contributed by atoms with Crippen molar-refractivity contribution in [3.05, 3.63) is 59.4 Å². The van der Waals surface area contributed by atoms with Crippen molar-refractivity contribution in [1.29, 1.82) is 0 Å². The summed E-state index contributed by atoms with van der Waals surface area (Å²) in [5.41, 5.74) is 0.997. The van der Waals surface area contributed by atoms with Crippen LogP contribution in [0.5, 0.6) is 5.75 Å². The first-order valence-electron chi connectivity index (χ1n) is 6.69. The van der Waals surface area contributed by atoms with E-state index < -0.39 is 6.10 Å². The van der Waals surface area contributed by atoms with Gasteiger partial charge in [-0.3, -0.25) is 9.78 Å². The Morgan fingerprint density at radius 3 is 2.38 bits per heavy atom. The number of ether oxygens (including phenoxy) is 1. The fraction of sp³-hybridized carbons (Fsp3) is 0.250. The van der Waals surface area contributed by atoms with E-state index in [0.717, 1.165) is 5.56 Å². The number of aromatic nitrogens is 1. The summed E-state index contributed by atoms with van der Waals surface area (Å²) in [7, 11) is 0. The van der Waals surface area contributed by atoms with Crippen molar-refractivity contribution < 1.29 is 9.53 Å². The second kappa shape index (κ2) is 7.09. The van der Waals surface area contributed by atoms with Crippen LogP contribution in [0.2, 0.25) is 5.02 Å². The van der Waals surface area contributed by atoms with E-state index in [4.69, 9.17) is 16.3 Å². The number of rotatable bonds is 5. The normalized spacial score (nSPS) is 13.3. The monoisotopic (exact) mass is 304 g/mol. The quantitative estimate of drug-likeness (QED) is 0.921. The number of pyridine rings is 1. The van der Waals surface area contributed by atoms with Crippen molar-refractivity contribution in [1.82, 2.24) is 10.3 Å². The van der Waals surface area contributed by atoms with E-state index in [9.17, 15) is 4.79 Å². The van der Waals surface area contributed by atoms with Crippen LogP contribution < -0.4 is 10.1 Å². The summed E-state index contributed by atoms with van der Waals surface area (Å²) in [4.78, 5) is 16.1. The first-order valence-corrected chi connectivity index (χ1v) is 7.06. The fourth-order valence-electron chi connectivity index (χ4n) is 1.84. The minimum absolute atomic E-state index is 0.100. The van der Waals surface area contributed by atoms with E-state index >= 15 is 0 Å². The molecule has 0 bridgehead atoms. The smallest absolute Gasteiger partial charge is 0.261 e. The Bertz CT molecular complexity index is 587. The molecule has 2 rings (SSSR count). The summed E-state index contributed by atoms with van der Waals surface area (Å²) in [6.07, 6.45) is 2.81. The van der Waals surface area contributed by atoms with Crippen LogP contribution in [0.3, 0.4) is 0 Å². The standard InChI is InChI=1S/C16H17ClN2O2/c1-11(13-7-9-18-10-8-13)19-16(20)12(2)21-15-5-3-14(17)4-6-15/h3-12H,1-2H3,(H,19,20). The third-order valence-corrected chi connectivity index (χ3v) is 3.31. The maximum Gasteiger partial charge on any atom is 0.261 e. The predicted octanol–water partition coefficient (Wildman–Crippen LogP) is 3.38. The summed E-state index contributed by atoms with van der Waals surface area (Å²) >= 11 is 5.81. The van der Waals surface area contributed by atoms with E-state index in [1.165, 1.54) is 0 Å². The Morgan fingerprint density at radius 2 is 1.76 bits per heavy atom. The largest absolute Gasteiger partial charge is 0.481 e. The highest BCUT2D eigenvalue weighted by atomic mass is 35.5. The summed E-state index contributed by atoms with van der Waals surface area (Å²) in [5, 5.41) is 3.54. The minimum Gasteiger partial charge on any atom is -0.481 e. The molecule has 0 spiro atoms. The zero-order valence-electron chi connectivity index (χ0n) is 11.9. The minimum atomic E-state index is -0.588. The van der Waals surface area contributed by atoms with Crippen LogP contribution in [-0.4, -0.2) is 17.0 Å². The molecular formula is C16H17ClN2O2. The topological polar surface area (TPSA) is 51.2 Å². The molecule has 1 aromatic heterocycles. The summed E-state index contributed by atoms with van der Waals surface area (Å²) in [6, 6.07) is 10.6. The maximum absolute atomic E-state index is 12.1. The Balaban J connectivity index is 1.92. The highest BCUT2D eigenvalue weighted by Crippen LogP contribution is 2.17. The molecule has 1 aromatic carbocycles. The zero-order valence-corrected chi connectivity index (χ0v) is 12.7. The van der Waals surface area contributed by atoms with Gasteiger partial charge in [0.05, 0.1) is 6.04 Å². The summed E-state index contributed by atoms with van der Waals surface area (Å²) in [5.74, 6) is 0.438. The van der Waals surface area contributed by atoms with Gasteiger partial charge < -0.3 is 10.1 Å². The first-order chi connectivity index (χ1) is 10.1. The van der Waals surface area contributed by atoms with Crippen molar-refractivity contribution in [3.63, 3.8) is 0 Å². The molecule has 2 unspecified atom stereocenters. The number of carbonyl (C=O) groups excluding carboxylic acids is 1. The number of carbonyl (C=O) groups is 1. The van der Waals surface area contributed by atoms with Crippen molar-refractivity contribution in [2.45, 2.75) is 26.0 Å². The van der Waals surface area contributed by atoms with Gasteiger partial charge in [-0.05, 0) is 55.8 Å². The van der Waals surface area contributed by atoms with Gasteiger partial charge in [0.25, 0.3) is 5.91 Å². The van der Waals surface area contributed by atoms with Gasteiger partial charge in [0.15, 0.2) is 6.10 Å². The zero-order chi connectivity index (χ0) is 15.2. The predicted molar refractivity (Wildman–Crippen MR) is 82.3 cm³/mol. The van der Waals surface area contributed by atoms with Crippen molar-refractivity contribution >= 4 is 17.5 Å². The molecule has 21 heavy (non-hydrogen) atoms. The Kier molecular flexibility index (Phi) is 5.17. The Morgan fingerprint density at radius 1 is 1.14 bits per heavy atom. The lowest BCUT2D eigenvalue weighted by Gasteiger charge is -2.19. The van der Waals surface area contributed by atoms with Crippen molar-refractivity contribution in [2.75, 3.05) is 0 Å². The van der Waals surface area contributed by atoms with Gasteiger partial charge in [0, 0.05) is 17.4 Å². The summed E-state index contributed by atoms with van der Waals surface area (Å²) in [6.45, 7) is 3.63. The number of nitrogens with one attached hydrogen (secondary N) is 1. The first kappa shape index (κ1) is 15.3. The molecule has 0 saturated carbocycles. The second-order valence-corrected chi connectivity index (χ2v) is 5.16. The summed E-state index contributed by atoms with van der Waals surface area (Å²) < 4.78 is 5.58. The number of nitrogens with zero attached hydrogens (tertiary/aromatic N) is 1. The maximum atomic E-state index is 12.1. The van der Waals surface area contributed by atoms with Gasteiger partial charge in [-0.15, -0.1) is 0 Å². The van der Waals surface area contributed by atoms with E-state index in [2.05, 4.69) is 10.3 Å². The molecule has 1 N–H and O–H groups in total. The van der Waals surface area contributed by atoms with Gasteiger partial charge >= 0.3 is 0 Å². The van der Waals surface area contributed by atoms with E-state index in [1.807, 2.05) is 19.1 Å². The van der Waals surface area contributed by atoms with E-state index in [1.54, 1.807) is 43.6 Å². The molecule has 0 aliphatic rings. The molecule has 5 heteroatoms. The number of hydrogen-bond acceptors (Lipinski definition) is 3. The second-order valence-electron chi connectivity index (χ2n) is 4.72. The molecule has 0 aliphatic heterocycles. The molecule has 1 heterocycles. The Hall–Kier alpha value is -2.07. The van der Waals surface area contributed by atoms with Crippen LogP contribution in [0.25, 0.3) is 0 Å². The van der Waals surface area contributed by atoms with Crippen LogP contribution in [0, 0.1) is 0 Å². The van der Waals surface area contributed by atoms with E-state index in [0.29, 0.717) is 10.8 Å². The number of hydrogen-bond donors (Lipinski definition) is 1. The van der Waals surface area contributed by atoms with Gasteiger partial charge in [-0.1, -0.05) is 11.6 Å². The molecular weight excluding hydrogens is 288 g/mol. The van der Waals surface area contributed by atoms with Gasteiger partial charge in [0.1, 0.15) is 5.75 Å². The average Bonchev–Trinajstić information content (AvgIpc) is 2.50. The molecule has 1 amide bonds. The molecule has 0 aliphatic carbocycles. The molecule has 2 aromatic rings. The SMILES string of the molecule is CC(Oc1ccc(Cl)cc1)C(=O)NC(C)c1ccncc1. The Labute approximate surface area is 129 Å². The fourth-order valence-corrected chi connectivity index (χ4v) is 1.96. The van der Waals surface area contributed by atoms with Gasteiger partial charge in [-0.25, -0.2) is 0 Å². The lowest BCUT2D eigenvalue weighted by atomic mass is 10.1. The van der Waals surface area contributed by atoms with Crippen LogP contribution in [0.4, 0.5) is 0 Å². The highest BCUT2D eigenvalue weighted by molar-refractivity contribution is 6.30. The lowest BCUT2D eigenvalue weighted by Crippen LogP contribution is -2.37. The van der Waals surface area contributed by atoms with Crippen molar-refractivity contribution in [3.8, 4) is 5.75 Å². The number of benzene rings is 1. The molecule has 2 atom stereocenters. The van der Waals surface area contributed by atoms with Crippen LogP contribution in [0.15, 0.2) is 48.8 Å². The van der Waals surface area contributed by atoms with Crippen molar-refractivity contribution in [2.24, 2.45) is 0 Å². The van der Waals surface area contributed by atoms with E-state index in [-0.39, 0.29) is 11.9 Å². The van der Waals surface area contributed by atoms with Crippen LogP contribution >= 0.6 is 11.6 Å². The molecule has 0 saturated heterocycles. The van der Waals surface area contributed by atoms with Gasteiger partial charge in [0.2, 0.25) is 0 Å². The lowest BCUT2D eigenvalue weighted by molar-refractivity contribution is -0.127. The molecule has 0 radical (unpaired) electrons. The third-order valence-electron chi connectivity index (χ3n) is 3.06. The average molecular weight is 305 g/mol. The van der Waals surface area contributed by atoms with Gasteiger partial charge in [-0.2, -0.15) is 0 Å². The van der Waals surface area contributed by atoms with Crippen LogP contribution in [0.1, 0.15) is 25.5 Å². The molecule has 4 nitrogen and oxygen atoms in total. The number of halogens is 1. The molecule has 110 valence electrons. The molecule has 0 fully saturated rings.